The van der Waals surface area contributed by atoms with Gasteiger partial charge in [0.2, 0.25) is 0 Å². The largest absolute Gasteiger partial charge is 0.320 e. The number of nitrogens with zero attached hydrogens (tertiary/aromatic N) is 1. The summed E-state index contributed by atoms with van der Waals surface area (Å²) in [4.78, 5) is 4.04. The van der Waals surface area contributed by atoms with Crippen LogP contribution in [0.3, 0.4) is 0 Å². The number of unbranched alkanes of at least 4 members (excludes halogenated alkanes) is 1. The van der Waals surface area contributed by atoms with Gasteiger partial charge in [0.1, 0.15) is 0 Å². The van der Waals surface area contributed by atoms with E-state index < -0.39 is 0 Å². The Morgan fingerprint density at radius 1 is 1.50 bits per heavy atom. The second-order valence-electron chi connectivity index (χ2n) is 2.29. The maximum atomic E-state index is 4.04. The van der Waals surface area contributed by atoms with Crippen LogP contribution >= 0.6 is 0 Å². The van der Waals surface area contributed by atoms with Gasteiger partial charge in [0.25, 0.3) is 0 Å². The highest BCUT2D eigenvalue weighted by Gasteiger charge is 1.78. The minimum Gasteiger partial charge on any atom is -0.320 e. The van der Waals surface area contributed by atoms with Crippen molar-refractivity contribution in [3.05, 3.63) is 12.3 Å². The van der Waals surface area contributed by atoms with E-state index in [0.29, 0.717) is 0 Å². The molecule has 2 heteroatoms. The summed E-state index contributed by atoms with van der Waals surface area (Å²) in [7, 11) is 1.95. The molecule has 0 aromatic rings. The van der Waals surface area contributed by atoms with E-state index in [1.165, 1.54) is 0 Å². The monoisotopic (exact) mass is 164 g/mol. The number of aliphatic imine (C=N–C) groups is 1. The first kappa shape index (κ1) is 10.9. The SMILES string of the molecule is CC#C/C=C\N=CCCCNC. The van der Waals surface area contributed by atoms with Crippen molar-refractivity contribution in [1.82, 2.24) is 5.32 Å². The van der Waals surface area contributed by atoms with Crippen molar-refractivity contribution in [2.24, 2.45) is 4.99 Å². The zero-order valence-corrected chi connectivity index (χ0v) is 7.80. The van der Waals surface area contributed by atoms with Crippen LogP contribution in [0.1, 0.15) is 19.8 Å². The molecule has 0 fully saturated rings. The van der Waals surface area contributed by atoms with E-state index in [1.54, 1.807) is 19.2 Å². The van der Waals surface area contributed by atoms with Gasteiger partial charge >= 0.3 is 0 Å². The Morgan fingerprint density at radius 2 is 2.33 bits per heavy atom. The topological polar surface area (TPSA) is 24.4 Å². The van der Waals surface area contributed by atoms with E-state index in [1.807, 2.05) is 13.3 Å². The third kappa shape index (κ3) is 8.93. The molecule has 0 saturated heterocycles. The molecular formula is C10H16N2. The predicted octanol–water partition coefficient (Wildman–Crippen LogP) is 1.59. The fraction of sp³-hybridized carbons (Fsp3) is 0.500. The van der Waals surface area contributed by atoms with E-state index in [4.69, 9.17) is 0 Å². The summed E-state index contributed by atoms with van der Waals surface area (Å²) in [5.41, 5.74) is 0. The molecule has 0 heterocycles. The Hall–Kier alpha value is -1.07. The summed E-state index contributed by atoms with van der Waals surface area (Å²) < 4.78 is 0. The van der Waals surface area contributed by atoms with Gasteiger partial charge in [0.15, 0.2) is 0 Å². The quantitative estimate of drug-likeness (QED) is 0.372. The van der Waals surface area contributed by atoms with Gasteiger partial charge in [-0.05, 0) is 33.4 Å². The molecule has 0 spiro atoms. The molecule has 0 aromatic heterocycles. The van der Waals surface area contributed by atoms with Crippen LogP contribution in [0.4, 0.5) is 0 Å². The molecular weight excluding hydrogens is 148 g/mol. The van der Waals surface area contributed by atoms with E-state index >= 15 is 0 Å². The normalized spacial score (nSPS) is 10.5. The van der Waals surface area contributed by atoms with Gasteiger partial charge in [-0.1, -0.05) is 5.92 Å². The summed E-state index contributed by atoms with van der Waals surface area (Å²) in [5.74, 6) is 5.55. The lowest BCUT2D eigenvalue weighted by Gasteiger charge is -1.91. The summed E-state index contributed by atoms with van der Waals surface area (Å²) in [6.07, 6.45) is 7.52. The molecule has 0 aromatic carbocycles. The highest BCUT2D eigenvalue weighted by Crippen LogP contribution is 1.82. The molecule has 0 atom stereocenters. The summed E-state index contributed by atoms with van der Waals surface area (Å²) in [6.45, 7) is 2.85. The molecule has 0 saturated carbocycles. The Labute approximate surface area is 74.8 Å². The Bertz CT molecular complexity index is 194. The fourth-order valence-corrected chi connectivity index (χ4v) is 0.669. The van der Waals surface area contributed by atoms with Gasteiger partial charge in [0.05, 0.1) is 0 Å². The number of allylic oxidation sites excluding steroid dienone is 1. The maximum Gasteiger partial charge on any atom is 0.0347 e. The molecule has 0 aliphatic carbocycles. The van der Waals surface area contributed by atoms with Crippen LogP contribution < -0.4 is 5.32 Å². The van der Waals surface area contributed by atoms with Gasteiger partial charge < -0.3 is 5.32 Å². The van der Waals surface area contributed by atoms with Crippen LogP contribution in [0.15, 0.2) is 17.3 Å². The smallest absolute Gasteiger partial charge is 0.0347 e. The van der Waals surface area contributed by atoms with E-state index in [-0.39, 0.29) is 0 Å². The molecule has 0 rings (SSSR count). The van der Waals surface area contributed by atoms with Gasteiger partial charge in [-0.3, -0.25) is 4.99 Å². The van der Waals surface area contributed by atoms with Gasteiger partial charge in [-0.25, -0.2) is 0 Å². The highest BCUT2D eigenvalue weighted by molar-refractivity contribution is 5.58. The van der Waals surface area contributed by atoms with Crippen molar-refractivity contribution in [1.29, 1.82) is 0 Å². The third-order valence-electron chi connectivity index (χ3n) is 1.25. The van der Waals surface area contributed by atoms with Gasteiger partial charge in [-0.15, -0.1) is 5.92 Å². The fourth-order valence-electron chi connectivity index (χ4n) is 0.669. The van der Waals surface area contributed by atoms with Crippen molar-refractivity contribution < 1.29 is 0 Å². The second-order valence-corrected chi connectivity index (χ2v) is 2.29. The summed E-state index contributed by atoms with van der Waals surface area (Å²) in [6, 6.07) is 0. The zero-order chi connectivity index (χ0) is 9.07. The molecule has 66 valence electrons. The van der Waals surface area contributed by atoms with E-state index in [0.717, 1.165) is 19.4 Å². The van der Waals surface area contributed by atoms with E-state index in [9.17, 15) is 0 Å². The van der Waals surface area contributed by atoms with Crippen molar-refractivity contribution in [2.75, 3.05) is 13.6 Å². The Balaban J connectivity index is 3.29. The molecule has 1 N–H and O–H groups in total. The van der Waals surface area contributed by atoms with Gasteiger partial charge in [0, 0.05) is 18.5 Å². The van der Waals surface area contributed by atoms with Crippen molar-refractivity contribution in [3.63, 3.8) is 0 Å². The van der Waals surface area contributed by atoms with Crippen molar-refractivity contribution >= 4 is 6.21 Å². The number of hydrogen-bond acceptors (Lipinski definition) is 2. The van der Waals surface area contributed by atoms with Crippen molar-refractivity contribution in [2.45, 2.75) is 19.8 Å². The first-order chi connectivity index (χ1) is 5.91. The first-order valence-corrected chi connectivity index (χ1v) is 4.15. The predicted molar refractivity (Wildman–Crippen MR) is 54.2 cm³/mol. The minimum atomic E-state index is 1.02. The highest BCUT2D eigenvalue weighted by atomic mass is 14.8. The minimum absolute atomic E-state index is 1.02. The van der Waals surface area contributed by atoms with Crippen LogP contribution in [0.5, 0.6) is 0 Å². The molecule has 2 nitrogen and oxygen atoms in total. The average Bonchev–Trinajstić information content (AvgIpc) is 2.10. The first-order valence-electron chi connectivity index (χ1n) is 4.15. The average molecular weight is 164 g/mol. The molecule has 0 amide bonds. The summed E-state index contributed by atoms with van der Waals surface area (Å²) >= 11 is 0. The molecule has 0 bridgehead atoms. The molecule has 0 aliphatic heterocycles. The van der Waals surface area contributed by atoms with Crippen LogP contribution in [-0.2, 0) is 0 Å². The van der Waals surface area contributed by atoms with Crippen LogP contribution in [-0.4, -0.2) is 19.8 Å². The van der Waals surface area contributed by atoms with Crippen LogP contribution in [0.2, 0.25) is 0 Å². The maximum absolute atomic E-state index is 4.04. The Kier molecular flexibility index (Phi) is 9.04. The number of rotatable bonds is 5. The lowest BCUT2D eigenvalue weighted by atomic mass is 10.3. The van der Waals surface area contributed by atoms with Crippen molar-refractivity contribution in [3.8, 4) is 11.8 Å². The molecule has 12 heavy (non-hydrogen) atoms. The standard InChI is InChI=1S/C10H16N2/c1-3-4-5-9-12-10-7-6-8-11-2/h5,9-11H,6-8H2,1-2H3/b9-5-,12-10?. The summed E-state index contributed by atoms with van der Waals surface area (Å²) in [5, 5.41) is 3.08. The molecule has 0 aliphatic rings. The van der Waals surface area contributed by atoms with E-state index in [2.05, 4.69) is 22.2 Å². The lowest BCUT2D eigenvalue weighted by molar-refractivity contribution is 0.750. The number of hydrogen-bond donors (Lipinski definition) is 1. The van der Waals surface area contributed by atoms with Crippen LogP contribution in [0, 0.1) is 11.8 Å². The Morgan fingerprint density at radius 3 is 3.00 bits per heavy atom. The zero-order valence-electron chi connectivity index (χ0n) is 7.80. The third-order valence-corrected chi connectivity index (χ3v) is 1.25. The molecule has 0 radical (unpaired) electrons. The van der Waals surface area contributed by atoms with Crippen LogP contribution in [0.25, 0.3) is 0 Å². The number of nitrogens with one attached hydrogen (secondary N) is 1. The second kappa shape index (κ2) is 9.93. The lowest BCUT2D eigenvalue weighted by Crippen LogP contribution is -2.06. The molecule has 0 unspecified atom stereocenters. The van der Waals surface area contributed by atoms with Gasteiger partial charge in [-0.2, -0.15) is 0 Å².